The minimum atomic E-state index is -0.577. The van der Waals surface area contributed by atoms with Gasteiger partial charge in [-0.05, 0) is 49.6 Å². The zero-order valence-electron chi connectivity index (χ0n) is 15.9. The summed E-state index contributed by atoms with van der Waals surface area (Å²) in [4.78, 5) is 12.4. The second-order valence-electron chi connectivity index (χ2n) is 6.00. The SMILES string of the molecule is CCC(Oc1ccccc1OC)C(=O)NCCOc1cccc(C)c1C. The van der Waals surface area contributed by atoms with Crippen molar-refractivity contribution in [2.24, 2.45) is 0 Å². The van der Waals surface area contributed by atoms with Crippen LogP contribution in [-0.4, -0.2) is 32.3 Å². The number of benzene rings is 2. The normalized spacial score (nSPS) is 11.5. The zero-order chi connectivity index (χ0) is 18.9. The van der Waals surface area contributed by atoms with E-state index in [2.05, 4.69) is 5.32 Å². The molecule has 140 valence electrons. The van der Waals surface area contributed by atoms with Gasteiger partial charge in [-0.1, -0.05) is 31.2 Å². The van der Waals surface area contributed by atoms with Crippen molar-refractivity contribution >= 4 is 5.91 Å². The first-order valence-corrected chi connectivity index (χ1v) is 8.83. The molecule has 1 amide bonds. The molecule has 0 aliphatic heterocycles. The van der Waals surface area contributed by atoms with Crippen LogP contribution >= 0.6 is 0 Å². The van der Waals surface area contributed by atoms with E-state index in [4.69, 9.17) is 14.2 Å². The molecule has 0 radical (unpaired) electrons. The Hall–Kier alpha value is -2.69. The molecule has 26 heavy (non-hydrogen) atoms. The molecule has 2 aromatic carbocycles. The lowest BCUT2D eigenvalue weighted by atomic mass is 10.1. The van der Waals surface area contributed by atoms with Crippen LogP contribution < -0.4 is 19.5 Å². The van der Waals surface area contributed by atoms with E-state index in [0.29, 0.717) is 31.1 Å². The monoisotopic (exact) mass is 357 g/mol. The standard InChI is InChI=1S/C21H27NO4/c1-5-17(26-20-11-7-6-10-19(20)24-4)21(23)22-13-14-25-18-12-8-9-15(2)16(18)3/h6-12,17H,5,13-14H2,1-4H3,(H,22,23). The first kappa shape index (κ1) is 19.6. The number of hydrogen-bond acceptors (Lipinski definition) is 4. The Balaban J connectivity index is 1.84. The van der Waals surface area contributed by atoms with Crippen LogP contribution in [0.2, 0.25) is 0 Å². The summed E-state index contributed by atoms with van der Waals surface area (Å²) in [7, 11) is 1.58. The number of rotatable bonds is 9. The highest BCUT2D eigenvalue weighted by Gasteiger charge is 2.19. The van der Waals surface area contributed by atoms with Crippen LogP contribution in [0, 0.1) is 13.8 Å². The van der Waals surface area contributed by atoms with E-state index >= 15 is 0 Å². The lowest BCUT2D eigenvalue weighted by Gasteiger charge is -2.19. The van der Waals surface area contributed by atoms with Crippen LogP contribution in [0.5, 0.6) is 17.2 Å². The minimum Gasteiger partial charge on any atom is -0.493 e. The molecular weight excluding hydrogens is 330 g/mol. The van der Waals surface area contributed by atoms with E-state index in [1.54, 1.807) is 19.2 Å². The zero-order valence-corrected chi connectivity index (χ0v) is 15.9. The van der Waals surface area contributed by atoms with Gasteiger partial charge in [0, 0.05) is 0 Å². The summed E-state index contributed by atoms with van der Waals surface area (Å²) in [6, 6.07) is 13.2. The van der Waals surface area contributed by atoms with Crippen molar-refractivity contribution in [3.05, 3.63) is 53.6 Å². The highest BCUT2D eigenvalue weighted by atomic mass is 16.5. The summed E-state index contributed by atoms with van der Waals surface area (Å²) in [5.74, 6) is 1.85. The number of methoxy groups -OCH3 is 1. The third-order valence-corrected chi connectivity index (χ3v) is 4.22. The van der Waals surface area contributed by atoms with Gasteiger partial charge in [0.2, 0.25) is 0 Å². The summed E-state index contributed by atoms with van der Waals surface area (Å²) < 4.78 is 16.8. The number of hydrogen-bond donors (Lipinski definition) is 1. The first-order valence-electron chi connectivity index (χ1n) is 8.83. The van der Waals surface area contributed by atoms with Gasteiger partial charge >= 0.3 is 0 Å². The van der Waals surface area contributed by atoms with Gasteiger partial charge < -0.3 is 19.5 Å². The van der Waals surface area contributed by atoms with Crippen LogP contribution in [0.1, 0.15) is 24.5 Å². The van der Waals surface area contributed by atoms with Gasteiger partial charge in [-0.3, -0.25) is 4.79 Å². The second kappa shape index (κ2) is 9.70. The molecule has 0 fully saturated rings. The number of carbonyl (C=O) groups excluding carboxylic acids is 1. The molecule has 0 bridgehead atoms. The summed E-state index contributed by atoms with van der Waals surface area (Å²) in [6.07, 6.45) is -0.0196. The van der Waals surface area contributed by atoms with Crippen molar-refractivity contribution in [3.8, 4) is 17.2 Å². The van der Waals surface area contributed by atoms with E-state index in [-0.39, 0.29) is 5.91 Å². The minimum absolute atomic E-state index is 0.164. The summed E-state index contributed by atoms with van der Waals surface area (Å²) in [5.41, 5.74) is 2.30. The molecule has 2 aromatic rings. The predicted octanol–water partition coefficient (Wildman–Crippen LogP) is 3.66. The van der Waals surface area contributed by atoms with Crippen LogP contribution in [0.15, 0.2) is 42.5 Å². The Bertz CT molecular complexity index is 730. The largest absolute Gasteiger partial charge is 0.493 e. The molecule has 1 unspecified atom stereocenters. The number of ether oxygens (including phenoxy) is 3. The molecule has 1 N–H and O–H groups in total. The average molecular weight is 357 g/mol. The van der Waals surface area contributed by atoms with Crippen molar-refractivity contribution < 1.29 is 19.0 Å². The molecule has 0 aliphatic rings. The smallest absolute Gasteiger partial charge is 0.261 e. The Morgan fingerprint density at radius 3 is 2.42 bits per heavy atom. The second-order valence-corrected chi connectivity index (χ2v) is 6.00. The van der Waals surface area contributed by atoms with Crippen molar-refractivity contribution in [2.75, 3.05) is 20.3 Å². The Morgan fingerprint density at radius 2 is 1.73 bits per heavy atom. The maximum Gasteiger partial charge on any atom is 0.261 e. The fraction of sp³-hybridized carbons (Fsp3) is 0.381. The summed E-state index contributed by atoms with van der Waals surface area (Å²) in [5, 5.41) is 2.87. The molecule has 1 atom stereocenters. The number of aryl methyl sites for hydroxylation is 1. The molecule has 0 aliphatic carbocycles. The van der Waals surface area contributed by atoms with Gasteiger partial charge in [0.05, 0.1) is 13.7 Å². The highest BCUT2D eigenvalue weighted by molar-refractivity contribution is 5.81. The van der Waals surface area contributed by atoms with Crippen molar-refractivity contribution in [1.29, 1.82) is 0 Å². The quantitative estimate of drug-likeness (QED) is 0.696. The van der Waals surface area contributed by atoms with Crippen molar-refractivity contribution in [2.45, 2.75) is 33.3 Å². The Kier molecular flexibility index (Phi) is 7.33. The Morgan fingerprint density at radius 1 is 1.04 bits per heavy atom. The van der Waals surface area contributed by atoms with Gasteiger partial charge in [-0.25, -0.2) is 0 Å². The van der Waals surface area contributed by atoms with Crippen LogP contribution in [0.25, 0.3) is 0 Å². The number of nitrogens with one attached hydrogen (secondary N) is 1. The van der Waals surface area contributed by atoms with Crippen LogP contribution in [0.3, 0.4) is 0 Å². The van der Waals surface area contributed by atoms with E-state index in [1.807, 2.05) is 51.1 Å². The van der Waals surface area contributed by atoms with E-state index in [9.17, 15) is 4.79 Å². The third kappa shape index (κ3) is 5.15. The fourth-order valence-electron chi connectivity index (χ4n) is 2.52. The average Bonchev–Trinajstić information content (AvgIpc) is 2.66. The van der Waals surface area contributed by atoms with E-state index in [1.165, 1.54) is 5.56 Å². The van der Waals surface area contributed by atoms with Gasteiger partial charge in [-0.2, -0.15) is 0 Å². The molecule has 5 nitrogen and oxygen atoms in total. The van der Waals surface area contributed by atoms with Crippen LogP contribution in [-0.2, 0) is 4.79 Å². The van der Waals surface area contributed by atoms with E-state index in [0.717, 1.165) is 11.3 Å². The summed E-state index contributed by atoms with van der Waals surface area (Å²) in [6.45, 7) is 6.80. The van der Waals surface area contributed by atoms with Crippen molar-refractivity contribution in [1.82, 2.24) is 5.32 Å². The van der Waals surface area contributed by atoms with Gasteiger partial charge in [0.25, 0.3) is 5.91 Å². The number of para-hydroxylation sites is 2. The molecular formula is C21H27NO4. The Labute approximate surface area is 155 Å². The molecule has 0 saturated heterocycles. The molecule has 2 rings (SSSR count). The molecule has 5 heteroatoms. The van der Waals surface area contributed by atoms with Gasteiger partial charge in [0.1, 0.15) is 12.4 Å². The lowest BCUT2D eigenvalue weighted by Crippen LogP contribution is -2.39. The number of amides is 1. The van der Waals surface area contributed by atoms with Gasteiger partial charge in [0.15, 0.2) is 17.6 Å². The molecule has 0 saturated carbocycles. The lowest BCUT2D eigenvalue weighted by molar-refractivity contribution is -0.128. The van der Waals surface area contributed by atoms with E-state index < -0.39 is 6.10 Å². The summed E-state index contributed by atoms with van der Waals surface area (Å²) >= 11 is 0. The number of carbonyl (C=O) groups is 1. The topological polar surface area (TPSA) is 56.8 Å². The first-order chi connectivity index (χ1) is 12.6. The van der Waals surface area contributed by atoms with Crippen molar-refractivity contribution in [3.63, 3.8) is 0 Å². The maximum absolute atomic E-state index is 12.4. The van der Waals surface area contributed by atoms with Crippen LogP contribution in [0.4, 0.5) is 0 Å². The molecule has 0 aromatic heterocycles. The highest BCUT2D eigenvalue weighted by Crippen LogP contribution is 2.27. The molecule has 0 heterocycles. The van der Waals surface area contributed by atoms with Gasteiger partial charge in [-0.15, -0.1) is 0 Å². The predicted molar refractivity (Wildman–Crippen MR) is 102 cm³/mol. The fourth-order valence-corrected chi connectivity index (χ4v) is 2.52. The third-order valence-electron chi connectivity index (χ3n) is 4.22. The maximum atomic E-state index is 12.4. The molecule has 0 spiro atoms.